The Morgan fingerprint density at radius 2 is 1.93 bits per heavy atom. The molecule has 3 amide bonds. The van der Waals surface area contributed by atoms with Crippen LogP contribution in [0.5, 0.6) is 5.75 Å². The highest BCUT2D eigenvalue weighted by molar-refractivity contribution is 5.96. The van der Waals surface area contributed by atoms with Crippen LogP contribution in [0, 0.1) is 5.82 Å². The van der Waals surface area contributed by atoms with Gasteiger partial charge in [0.1, 0.15) is 23.9 Å². The van der Waals surface area contributed by atoms with Gasteiger partial charge in [0.15, 0.2) is 11.6 Å². The molecule has 0 saturated heterocycles. The number of H-pyrrole nitrogens is 1. The molecule has 0 spiro atoms. The van der Waals surface area contributed by atoms with E-state index in [0.29, 0.717) is 23.1 Å². The quantitative estimate of drug-likeness (QED) is 0.210. The Morgan fingerprint density at radius 3 is 2.66 bits per heavy atom. The molecule has 4 aromatic rings. The van der Waals surface area contributed by atoms with Gasteiger partial charge in [0, 0.05) is 26.0 Å². The normalized spacial score (nSPS) is 11.7. The number of alkyl carbamates (subject to hydrolysis) is 1. The lowest BCUT2D eigenvalue weighted by molar-refractivity contribution is -0.123. The monoisotopic (exact) mass is 604 g/mol. The number of anilines is 1. The average Bonchev–Trinajstić information content (AvgIpc) is 3.42. The van der Waals surface area contributed by atoms with Crippen LogP contribution in [0.2, 0.25) is 0 Å². The zero-order valence-electron chi connectivity index (χ0n) is 24.5. The van der Waals surface area contributed by atoms with E-state index in [9.17, 15) is 23.6 Å². The average molecular weight is 605 g/mol. The number of carbonyl (C=O) groups excluding carboxylic acids is 3. The number of methoxy groups -OCH3 is 1. The Morgan fingerprint density at radius 1 is 1.16 bits per heavy atom. The molecule has 12 nitrogen and oxygen atoms in total. The topological polar surface area (TPSA) is 148 Å². The molecule has 1 atom stereocenters. The van der Waals surface area contributed by atoms with Crippen LogP contribution in [0.4, 0.5) is 14.9 Å². The number of amides is 3. The molecule has 3 heterocycles. The Labute approximate surface area is 252 Å². The second-order valence-electron chi connectivity index (χ2n) is 10.0. The van der Waals surface area contributed by atoms with Gasteiger partial charge in [-0.15, -0.1) is 0 Å². The molecule has 4 rings (SSSR count). The minimum atomic E-state index is -1.04. The van der Waals surface area contributed by atoms with Crippen LogP contribution >= 0.6 is 0 Å². The van der Waals surface area contributed by atoms with E-state index < -0.39 is 29.4 Å². The molecule has 0 fully saturated rings. The maximum Gasteiger partial charge on any atom is 0.407 e. The molecule has 44 heavy (non-hydrogen) atoms. The molecule has 3 N–H and O–H groups in total. The molecule has 0 aliphatic heterocycles. The third-order valence-corrected chi connectivity index (χ3v) is 6.58. The number of aromatic amines is 1. The summed E-state index contributed by atoms with van der Waals surface area (Å²) in [4.78, 5) is 58.6. The SMILES string of the molecule is COC(=O)N[C@@H](CC/C=C/C(=O)N(C)C)C(=O)Nc1cccn(Cc2cc3ncc(F)c(OCc4ccccc4)c3[nH]2)c1=O. The summed E-state index contributed by atoms with van der Waals surface area (Å²) in [5, 5.41) is 5.03. The first-order valence-electron chi connectivity index (χ1n) is 13.7. The van der Waals surface area contributed by atoms with E-state index in [1.807, 2.05) is 30.3 Å². The minimum Gasteiger partial charge on any atom is -0.483 e. The summed E-state index contributed by atoms with van der Waals surface area (Å²) in [6.45, 7) is 0.218. The number of aromatic nitrogens is 3. The molecule has 13 heteroatoms. The summed E-state index contributed by atoms with van der Waals surface area (Å²) in [6.07, 6.45) is 5.21. The predicted octanol–water partition coefficient (Wildman–Crippen LogP) is 3.58. The highest BCUT2D eigenvalue weighted by Crippen LogP contribution is 2.28. The molecule has 1 aromatic carbocycles. The van der Waals surface area contributed by atoms with Gasteiger partial charge in [-0.1, -0.05) is 36.4 Å². The summed E-state index contributed by atoms with van der Waals surface area (Å²) in [5.41, 5.74) is 1.71. The maximum atomic E-state index is 14.7. The van der Waals surface area contributed by atoms with Crippen molar-refractivity contribution in [2.75, 3.05) is 26.5 Å². The Kier molecular flexibility index (Phi) is 10.5. The van der Waals surface area contributed by atoms with E-state index >= 15 is 0 Å². The number of carbonyl (C=O) groups is 3. The van der Waals surface area contributed by atoms with Crippen molar-refractivity contribution in [1.82, 2.24) is 24.8 Å². The van der Waals surface area contributed by atoms with E-state index in [0.717, 1.165) is 11.8 Å². The number of hydrogen-bond acceptors (Lipinski definition) is 7. The molecule has 0 aliphatic rings. The number of hydrogen-bond donors (Lipinski definition) is 3. The Bertz CT molecular complexity index is 1720. The molecule has 0 radical (unpaired) electrons. The van der Waals surface area contributed by atoms with Gasteiger partial charge in [0.2, 0.25) is 11.8 Å². The number of benzene rings is 1. The lowest BCUT2D eigenvalue weighted by Gasteiger charge is -2.17. The fraction of sp³-hybridized carbons (Fsp3) is 0.258. The van der Waals surface area contributed by atoms with Crippen molar-refractivity contribution in [2.45, 2.75) is 32.0 Å². The van der Waals surface area contributed by atoms with Crippen LogP contribution in [0.3, 0.4) is 0 Å². The number of allylic oxidation sites excluding steroid dienone is 1. The molecule has 3 aromatic heterocycles. The van der Waals surface area contributed by atoms with Crippen molar-refractivity contribution in [3.63, 3.8) is 0 Å². The van der Waals surface area contributed by atoms with Crippen LogP contribution in [-0.4, -0.2) is 64.6 Å². The van der Waals surface area contributed by atoms with Gasteiger partial charge < -0.3 is 34.6 Å². The lowest BCUT2D eigenvalue weighted by atomic mass is 10.1. The maximum absolute atomic E-state index is 14.7. The van der Waals surface area contributed by atoms with Crippen LogP contribution in [-0.2, 0) is 27.5 Å². The van der Waals surface area contributed by atoms with Crippen LogP contribution < -0.4 is 20.9 Å². The number of nitrogens with zero attached hydrogens (tertiary/aromatic N) is 3. The van der Waals surface area contributed by atoms with Crippen molar-refractivity contribution in [2.24, 2.45) is 0 Å². The fourth-order valence-corrected chi connectivity index (χ4v) is 4.26. The van der Waals surface area contributed by atoms with Gasteiger partial charge >= 0.3 is 6.09 Å². The van der Waals surface area contributed by atoms with E-state index in [1.54, 1.807) is 38.5 Å². The first-order chi connectivity index (χ1) is 21.2. The van der Waals surface area contributed by atoms with Crippen molar-refractivity contribution in [3.05, 3.63) is 101 Å². The zero-order chi connectivity index (χ0) is 31.6. The zero-order valence-corrected chi connectivity index (χ0v) is 24.5. The largest absolute Gasteiger partial charge is 0.483 e. The van der Waals surface area contributed by atoms with Gasteiger partial charge in [0.05, 0.1) is 25.4 Å². The number of likely N-dealkylation sites (N-methyl/N-ethyl adjacent to an activating group) is 1. The number of halogens is 1. The minimum absolute atomic E-state index is 0.0142. The number of nitrogens with one attached hydrogen (secondary N) is 3. The number of ether oxygens (including phenoxy) is 2. The van der Waals surface area contributed by atoms with E-state index in [1.165, 1.54) is 28.7 Å². The Balaban J connectivity index is 1.49. The van der Waals surface area contributed by atoms with Crippen molar-refractivity contribution in [3.8, 4) is 5.75 Å². The third kappa shape index (κ3) is 8.09. The van der Waals surface area contributed by atoms with Gasteiger partial charge in [-0.3, -0.25) is 19.4 Å². The number of rotatable bonds is 12. The van der Waals surface area contributed by atoms with Crippen molar-refractivity contribution < 1.29 is 28.2 Å². The standard InChI is InChI=1S/C31H33FN6O6/c1-37(2)26(39)14-8-7-12-23(36-31(42)43-3)29(40)35-24-13-9-15-38(30(24)41)18-21-16-25-27(34-21)28(22(32)17-33-25)44-19-20-10-5-4-6-11-20/h4-6,8-11,13-17,23,34H,7,12,18-19H2,1-3H3,(H,35,40)(H,36,42)/b14-8+/t23-/m0/s1. The van der Waals surface area contributed by atoms with Gasteiger partial charge in [0.25, 0.3) is 5.56 Å². The van der Waals surface area contributed by atoms with E-state index in [4.69, 9.17) is 4.74 Å². The third-order valence-electron chi connectivity index (χ3n) is 6.58. The van der Waals surface area contributed by atoms with Gasteiger partial charge in [-0.2, -0.15) is 0 Å². The predicted molar refractivity (Wildman–Crippen MR) is 162 cm³/mol. The van der Waals surface area contributed by atoms with Crippen LogP contribution in [0.25, 0.3) is 11.0 Å². The molecule has 230 valence electrons. The molecule has 0 bridgehead atoms. The van der Waals surface area contributed by atoms with Crippen LogP contribution in [0.15, 0.2) is 77.9 Å². The van der Waals surface area contributed by atoms with Gasteiger partial charge in [-0.25, -0.2) is 9.18 Å². The molecule has 0 unspecified atom stereocenters. The summed E-state index contributed by atoms with van der Waals surface area (Å²) in [5.74, 6) is -1.46. The highest BCUT2D eigenvalue weighted by atomic mass is 19.1. The van der Waals surface area contributed by atoms with Crippen LogP contribution in [0.1, 0.15) is 24.1 Å². The van der Waals surface area contributed by atoms with Crippen molar-refractivity contribution >= 4 is 34.6 Å². The lowest BCUT2D eigenvalue weighted by Crippen LogP contribution is -2.44. The highest BCUT2D eigenvalue weighted by Gasteiger charge is 2.22. The van der Waals surface area contributed by atoms with Crippen molar-refractivity contribution in [1.29, 1.82) is 0 Å². The second-order valence-corrected chi connectivity index (χ2v) is 10.0. The Hall–Kier alpha value is -5.46. The van der Waals surface area contributed by atoms with E-state index in [2.05, 4.69) is 25.3 Å². The molecule has 0 saturated carbocycles. The fourth-order valence-electron chi connectivity index (χ4n) is 4.26. The van der Waals surface area contributed by atoms with E-state index in [-0.39, 0.29) is 36.9 Å². The molecule has 0 aliphatic carbocycles. The first kappa shape index (κ1) is 31.5. The smallest absolute Gasteiger partial charge is 0.407 e. The first-order valence-corrected chi connectivity index (χ1v) is 13.7. The molecular formula is C31H33FN6O6. The second kappa shape index (κ2) is 14.6. The summed E-state index contributed by atoms with van der Waals surface area (Å²) >= 11 is 0. The summed E-state index contributed by atoms with van der Waals surface area (Å²) < 4.78 is 26.4. The number of pyridine rings is 2. The molecular weight excluding hydrogens is 571 g/mol. The summed E-state index contributed by atoms with van der Waals surface area (Å²) in [7, 11) is 4.40. The number of fused-ring (bicyclic) bond motifs is 1. The van der Waals surface area contributed by atoms with Gasteiger partial charge in [-0.05, 0) is 42.7 Å². The summed E-state index contributed by atoms with van der Waals surface area (Å²) in [6, 6.07) is 13.0.